The molecule has 0 aromatic carbocycles. The minimum Gasteiger partial charge on any atom is -0.465 e. The van der Waals surface area contributed by atoms with Crippen molar-refractivity contribution in [3.63, 3.8) is 0 Å². The summed E-state index contributed by atoms with van der Waals surface area (Å²) in [7, 11) is 1.69. The molecule has 7 heteroatoms. The van der Waals surface area contributed by atoms with Gasteiger partial charge >= 0.3 is 5.97 Å². The third-order valence-electron chi connectivity index (χ3n) is 8.55. The molecule has 3 unspecified atom stereocenters. The van der Waals surface area contributed by atoms with Gasteiger partial charge in [0.05, 0.1) is 25.2 Å². The van der Waals surface area contributed by atoms with Crippen molar-refractivity contribution in [3.8, 4) is 0 Å². The fourth-order valence-electron chi connectivity index (χ4n) is 6.18. The van der Waals surface area contributed by atoms with E-state index in [4.69, 9.17) is 9.47 Å². The van der Waals surface area contributed by atoms with E-state index in [0.29, 0.717) is 26.2 Å². The van der Waals surface area contributed by atoms with Gasteiger partial charge in [0.25, 0.3) is 0 Å². The molecule has 0 bridgehead atoms. The quantitative estimate of drug-likeness (QED) is 0.346. The van der Waals surface area contributed by atoms with Gasteiger partial charge in [-0.25, -0.2) is 0 Å². The number of ether oxygens (including phenoxy) is 2. The number of hydrogen-bond acceptors (Lipinski definition) is 7. The molecule has 2 aliphatic carbocycles. The van der Waals surface area contributed by atoms with Crippen LogP contribution in [0.5, 0.6) is 0 Å². The van der Waals surface area contributed by atoms with Crippen molar-refractivity contribution in [2.24, 2.45) is 11.8 Å². The van der Waals surface area contributed by atoms with E-state index in [-0.39, 0.29) is 17.8 Å². The van der Waals surface area contributed by atoms with Crippen molar-refractivity contribution in [2.45, 2.75) is 60.0 Å². The monoisotopic (exact) mass is 540 g/mol. The highest BCUT2D eigenvalue weighted by molar-refractivity contribution is 5.78. The van der Waals surface area contributed by atoms with E-state index in [0.717, 1.165) is 79.7 Å². The zero-order chi connectivity index (χ0) is 28.5. The summed E-state index contributed by atoms with van der Waals surface area (Å²) in [4.78, 5) is 28.2. The predicted octanol–water partition coefficient (Wildman–Crippen LogP) is 4.26. The van der Waals surface area contributed by atoms with Crippen LogP contribution in [-0.2, 0) is 19.1 Å². The lowest BCUT2D eigenvalue weighted by atomic mass is 9.81. The number of fused-ring (bicyclic) bond motifs is 1. The molecule has 39 heavy (non-hydrogen) atoms. The van der Waals surface area contributed by atoms with Gasteiger partial charge in [-0.15, -0.1) is 0 Å². The Labute approximate surface area is 234 Å². The number of cyclic esters (lactones) is 1. The maximum Gasteiger partial charge on any atom is 0.313 e. The van der Waals surface area contributed by atoms with E-state index >= 15 is 0 Å². The zero-order valence-corrected chi connectivity index (χ0v) is 24.8. The molecule has 2 saturated heterocycles. The number of esters is 1. The summed E-state index contributed by atoms with van der Waals surface area (Å²) >= 11 is 0. The Morgan fingerprint density at radius 3 is 2.49 bits per heavy atom. The number of aliphatic hydroxyl groups is 1. The fraction of sp³-hybridized carbons (Fsp3) is 0.625. The van der Waals surface area contributed by atoms with Gasteiger partial charge in [-0.3, -0.25) is 14.5 Å². The lowest BCUT2D eigenvalue weighted by Crippen LogP contribution is -2.49. The molecular formula is C32H48N2O5. The van der Waals surface area contributed by atoms with Gasteiger partial charge in [0.15, 0.2) is 0 Å². The molecule has 4 aliphatic rings. The van der Waals surface area contributed by atoms with Crippen LogP contribution in [0.4, 0.5) is 0 Å². The fourth-order valence-corrected chi connectivity index (χ4v) is 6.18. The van der Waals surface area contributed by atoms with Crippen LogP contribution in [-0.4, -0.2) is 92.9 Å². The van der Waals surface area contributed by atoms with Crippen molar-refractivity contribution in [3.05, 3.63) is 57.2 Å². The van der Waals surface area contributed by atoms with Crippen LogP contribution in [0.1, 0.15) is 53.9 Å². The van der Waals surface area contributed by atoms with Crippen LogP contribution >= 0.6 is 0 Å². The lowest BCUT2D eigenvalue weighted by molar-refractivity contribution is -0.140. The molecule has 2 heterocycles. The molecule has 0 aromatic rings. The molecule has 7 nitrogen and oxygen atoms in total. The molecule has 2 fully saturated rings. The second kappa shape index (κ2) is 14.9. The average molecular weight is 541 g/mol. The maximum absolute atomic E-state index is 11.9. The molecule has 0 spiro atoms. The second-order valence-electron chi connectivity index (χ2n) is 10.8. The van der Waals surface area contributed by atoms with Crippen molar-refractivity contribution >= 4 is 12.3 Å². The second-order valence-corrected chi connectivity index (χ2v) is 10.8. The first-order chi connectivity index (χ1) is 18.8. The summed E-state index contributed by atoms with van der Waals surface area (Å²) < 4.78 is 10.7. The molecular weight excluding hydrogens is 492 g/mol. The van der Waals surface area contributed by atoms with E-state index in [9.17, 15) is 14.7 Å². The van der Waals surface area contributed by atoms with Gasteiger partial charge in [-0.1, -0.05) is 37.6 Å². The Morgan fingerprint density at radius 1 is 1.13 bits per heavy atom. The SMILES string of the molecule is CC.COC/C1=C(C)/C(C(O)CN2CCN(CCC3=C(C)C4COC(=O)C4C=C3)CC2)=C(C)\C=C(\C=O)CC1. The van der Waals surface area contributed by atoms with Crippen LogP contribution < -0.4 is 0 Å². The highest BCUT2D eigenvalue weighted by atomic mass is 16.5. The number of rotatable bonds is 9. The first kappa shape index (κ1) is 31.2. The van der Waals surface area contributed by atoms with E-state index in [1.54, 1.807) is 7.11 Å². The summed E-state index contributed by atoms with van der Waals surface area (Å²) in [5.74, 6) is 0.0141. The summed E-state index contributed by atoms with van der Waals surface area (Å²) in [5, 5.41) is 11.3. The number of piperazine rings is 1. The number of carbonyl (C=O) groups is 2. The molecule has 216 valence electrons. The third kappa shape index (κ3) is 7.66. The van der Waals surface area contributed by atoms with Crippen molar-refractivity contribution in [1.29, 1.82) is 0 Å². The Bertz CT molecular complexity index is 1040. The number of carbonyl (C=O) groups excluding carboxylic acids is 2. The van der Waals surface area contributed by atoms with E-state index in [2.05, 4.69) is 29.7 Å². The molecule has 0 saturated carbocycles. The zero-order valence-electron chi connectivity index (χ0n) is 24.8. The Hall–Kier alpha value is -2.32. The third-order valence-corrected chi connectivity index (χ3v) is 8.55. The molecule has 3 atom stereocenters. The van der Waals surface area contributed by atoms with E-state index < -0.39 is 6.10 Å². The molecule has 1 N–H and O–H groups in total. The number of β-amino-alcohol motifs (C(OH)–C–C–N with tert-alkyl or cyclic N) is 1. The molecule has 0 aromatic heterocycles. The number of methoxy groups -OCH3 is 1. The molecule has 2 aliphatic heterocycles. The standard InChI is InChI=1S/C30H42N2O5.C2H6/c1-20-15-23(17-33)5-6-25(18-36-4)22(3)29(20)28(34)16-32-13-11-31(12-14-32)10-9-24-7-8-26-27(21(24)2)19-37-30(26)35;1-2/h7-8,15,17,26-28,34H,5-6,9-14,16,18-19H2,1-4H3;1-2H3/b23-15+,25-22+,29-20+;. The molecule has 0 radical (unpaired) electrons. The van der Waals surface area contributed by atoms with E-state index in [1.165, 1.54) is 11.1 Å². The minimum absolute atomic E-state index is 0.0934. The van der Waals surface area contributed by atoms with Crippen LogP contribution in [0.2, 0.25) is 0 Å². The number of aliphatic hydroxyl groups excluding tert-OH is 1. The summed E-state index contributed by atoms with van der Waals surface area (Å²) in [6, 6.07) is 0. The highest BCUT2D eigenvalue weighted by Crippen LogP contribution is 2.36. The van der Waals surface area contributed by atoms with E-state index in [1.807, 2.05) is 32.9 Å². The highest BCUT2D eigenvalue weighted by Gasteiger charge is 2.38. The van der Waals surface area contributed by atoms with Crippen molar-refractivity contribution in [1.82, 2.24) is 9.80 Å². The number of hydrogen-bond donors (Lipinski definition) is 1. The summed E-state index contributed by atoms with van der Waals surface area (Å²) in [5.41, 5.74) is 7.51. The first-order valence-electron chi connectivity index (χ1n) is 14.5. The smallest absolute Gasteiger partial charge is 0.313 e. The molecule has 0 amide bonds. The number of nitrogens with zero attached hydrogens (tertiary/aromatic N) is 2. The first-order valence-corrected chi connectivity index (χ1v) is 14.5. The molecule has 4 rings (SSSR count). The van der Waals surface area contributed by atoms with Crippen molar-refractivity contribution < 1.29 is 24.2 Å². The predicted molar refractivity (Wildman–Crippen MR) is 155 cm³/mol. The van der Waals surface area contributed by atoms with Crippen LogP contribution in [0.25, 0.3) is 0 Å². The summed E-state index contributed by atoms with van der Waals surface area (Å²) in [6.45, 7) is 16.5. The Kier molecular flexibility index (Phi) is 11.9. The topological polar surface area (TPSA) is 79.3 Å². The van der Waals surface area contributed by atoms with Crippen LogP contribution in [0, 0.1) is 11.8 Å². The van der Waals surface area contributed by atoms with Gasteiger partial charge in [-0.05, 0) is 73.5 Å². The van der Waals surface area contributed by atoms with Gasteiger partial charge in [0, 0.05) is 52.3 Å². The van der Waals surface area contributed by atoms with Gasteiger partial charge in [0.1, 0.15) is 6.29 Å². The number of aldehydes is 1. The average Bonchev–Trinajstić information content (AvgIpc) is 3.32. The maximum atomic E-state index is 11.9. The van der Waals surface area contributed by atoms with Crippen molar-refractivity contribution in [2.75, 3.05) is 59.6 Å². The number of allylic oxidation sites excluding steroid dienone is 4. The van der Waals surface area contributed by atoms with Gasteiger partial charge < -0.3 is 19.5 Å². The summed E-state index contributed by atoms with van der Waals surface area (Å²) in [6.07, 6.45) is 8.83. The van der Waals surface area contributed by atoms with Gasteiger partial charge in [0.2, 0.25) is 0 Å². The van der Waals surface area contributed by atoms with Crippen LogP contribution in [0.15, 0.2) is 57.2 Å². The van der Waals surface area contributed by atoms with Gasteiger partial charge in [-0.2, -0.15) is 0 Å². The lowest BCUT2D eigenvalue weighted by Gasteiger charge is -2.36. The largest absolute Gasteiger partial charge is 0.465 e. The Balaban J connectivity index is 0.00000205. The van der Waals surface area contributed by atoms with Crippen LogP contribution in [0.3, 0.4) is 0 Å². The normalized spacial score (nSPS) is 30.4. The Morgan fingerprint density at radius 2 is 1.82 bits per heavy atom. The minimum atomic E-state index is -0.620.